The highest BCUT2D eigenvalue weighted by atomic mass is 79.9. The zero-order chi connectivity index (χ0) is 11.7. The molecule has 0 aliphatic carbocycles. The van der Waals surface area contributed by atoms with Crippen molar-refractivity contribution in [1.29, 1.82) is 0 Å². The molecule has 2 aromatic rings. The molecule has 0 unspecified atom stereocenters. The Morgan fingerprint density at radius 3 is 3.00 bits per heavy atom. The number of imidazole rings is 1. The molecule has 0 saturated heterocycles. The van der Waals surface area contributed by atoms with E-state index in [9.17, 15) is 9.70 Å². The maximum absolute atomic E-state index is 10.7. The average Bonchev–Trinajstić information content (AvgIpc) is 2.56. The van der Waals surface area contributed by atoms with Crippen molar-refractivity contribution >= 4 is 33.4 Å². The summed E-state index contributed by atoms with van der Waals surface area (Å²) in [7, 11) is 0. The summed E-state index contributed by atoms with van der Waals surface area (Å²) in [6.45, 7) is 0. The van der Waals surface area contributed by atoms with E-state index < -0.39 is 5.97 Å². The van der Waals surface area contributed by atoms with E-state index in [1.54, 1.807) is 18.3 Å². The number of carboxylic acid groups (broad SMARTS) is 1. The minimum absolute atomic E-state index is 0.0266. The molecule has 1 N–H and O–H groups in total. The highest BCUT2D eigenvalue weighted by Gasteiger charge is 2.16. The van der Waals surface area contributed by atoms with Crippen LogP contribution in [0, 0.1) is 4.91 Å². The van der Waals surface area contributed by atoms with Crippen molar-refractivity contribution < 1.29 is 9.90 Å². The lowest BCUT2D eigenvalue weighted by atomic mass is 10.3. The molecular weight excluding hydrogens is 278 g/mol. The van der Waals surface area contributed by atoms with Crippen molar-refractivity contribution in [3.8, 4) is 0 Å². The smallest absolute Gasteiger partial charge is 0.309 e. The Hall–Kier alpha value is -1.76. The first kappa shape index (κ1) is 10.7. The molecule has 0 amide bonds. The van der Waals surface area contributed by atoms with Crippen molar-refractivity contribution in [2.45, 2.75) is 6.42 Å². The van der Waals surface area contributed by atoms with Crippen LogP contribution in [0.1, 0.15) is 5.69 Å². The predicted octanol–water partition coefficient (Wildman–Crippen LogP) is 2.12. The maximum atomic E-state index is 10.7. The number of nitroso groups, excluding NO2 is 1. The Balaban J connectivity index is 2.70. The van der Waals surface area contributed by atoms with Gasteiger partial charge in [0.25, 0.3) is 0 Å². The van der Waals surface area contributed by atoms with E-state index in [0.29, 0.717) is 10.1 Å². The number of hydrogen-bond donors (Lipinski definition) is 1. The number of pyridine rings is 1. The third-order valence-electron chi connectivity index (χ3n) is 2.05. The number of aliphatic carboxylic acids is 1. The van der Waals surface area contributed by atoms with E-state index >= 15 is 0 Å². The monoisotopic (exact) mass is 283 g/mol. The molecule has 0 aromatic carbocycles. The van der Waals surface area contributed by atoms with Gasteiger partial charge < -0.3 is 5.11 Å². The highest BCUT2D eigenvalue weighted by molar-refractivity contribution is 9.10. The van der Waals surface area contributed by atoms with Gasteiger partial charge in [-0.05, 0) is 33.2 Å². The summed E-state index contributed by atoms with van der Waals surface area (Å²) in [4.78, 5) is 25.3. The molecule has 0 spiro atoms. The van der Waals surface area contributed by atoms with E-state index in [1.807, 2.05) is 0 Å². The van der Waals surface area contributed by atoms with Crippen molar-refractivity contribution in [1.82, 2.24) is 9.38 Å². The first-order valence-corrected chi connectivity index (χ1v) is 5.13. The van der Waals surface area contributed by atoms with E-state index in [4.69, 9.17) is 5.11 Å². The van der Waals surface area contributed by atoms with Gasteiger partial charge in [0.2, 0.25) is 5.82 Å². The average molecular weight is 284 g/mol. The van der Waals surface area contributed by atoms with Gasteiger partial charge >= 0.3 is 5.97 Å². The van der Waals surface area contributed by atoms with Gasteiger partial charge in [-0.3, -0.25) is 9.20 Å². The second kappa shape index (κ2) is 4.01. The van der Waals surface area contributed by atoms with E-state index in [0.717, 1.165) is 0 Å². The maximum Gasteiger partial charge on any atom is 0.309 e. The van der Waals surface area contributed by atoms with Gasteiger partial charge in [0.15, 0.2) is 5.65 Å². The molecule has 16 heavy (non-hydrogen) atoms. The van der Waals surface area contributed by atoms with Gasteiger partial charge in [0.05, 0.1) is 10.9 Å². The minimum Gasteiger partial charge on any atom is -0.481 e. The SMILES string of the molecule is O=Nc1c(CC(=O)O)nc2c(Br)cccn12. The Labute approximate surface area is 98.0 Å². The zero-order valence-electron chi connectivity index (χ0n) is 7.92. The molecule has 2 aromatic heterocycles. The van der Waals surface area contributed by atoms with Crippen LogP contribution in [0.3, 0.4) is 0 Å². The van der Waals surface area contributed by atoms with Crippen LogP contribution in [-0.2, 0) is 11.2 Å². The summed E-state index contributed by atoms with van der Waals surface area (Å²) < 4.78 is 2.13. The number of hydrogen-bond acceptors (Lipinski definition) is 4. The van der Waals surface area contributed by atoms with Crippen LogP contribution >= 0.6 is 15.9 Å². The predicted molar refractivity (Wildman–Crippen MR) is 59.7 cm³/mol. The third-order valence-corrected chi connectivity index (χ3v) is 2.67. The molecule has 0 saturated carbocycles. The van der Waals surface area contributed by atoms with Crippen molar-refractivity contribution in [3.05, 3.63) is 33.4 Å². The quantitative estimate of drug-likeness (QED) is 0.875. The first-order chi connectivity index (χ1) is 7.63. The van der Waals surface area contributed by atoms with Crippen LogP contribution in [0.5, 0.6) is 0 Å². The Morgan fingerprint density at radius 2 is 2.38 bits per heavy atom. The highest BCUT2D eigenvalue weighted by Crippen LogP contribution is 2.26. The van der Waals surface area contributed by atoms with Crippen LogP contribution in [0.25, 0.3) is 5.65 Å². The number of halogens is 1. The van der Waals surface area contributed by atoms with Gasteiger partial charge in [-0.1, -0.05) is 0 Å². The number of carboxylic acids is 1. The van der Waals surface area contributed by atoms with E-state index in [1.165, 1.54) is 4.40 Å². The van der Waals surface area contributed by atoms with Gasteiger partial charge in [0.1, 0.15) is 5.69 Å². The summed E-state index contributed by atoms with van der Waals surface area (Å²) in [6, 6.07) is 3.46. The molecule has 6 nitrogen and oxygen atoms in total. The molecule has 0 radical (unpaired) electrons. The number of aromatic nitrogens is 2. The summed E-state index contributed by atoms with van der Waals surface area (Å²) >= 11 is 3.27. The van der Waals surface area contributed by atoms with Gasteiger partial charge in [-0.25, -0.2) is 4.98 Å². The van der Waals surface area contributed by atoms with Crippen LogP contribution in [0.2, 0.25) is 0 Å². The second-order valence-corrected chi connectivity index (χ2v) is 3.95. The number of carbonyl (C=O) groups is 1. The van der Waals surface area contributed by atoms with Gasteiger partial charge in [-0.15, -0.1) is 4.91 Å². The lowest BCUT2D eigenvalue weighted by Gasteiger charge is -1.95. The van der Waals surface area contributed by atoms with Crippen LogP contribution in [-0.4, -0.2) is 20.5 Å². The fraction of sp³-hybridized carbons (Fsp3) is 0.111. The number of nitrogens with zero attached hydrogens (tertiary/aromatic N) is 3. The molecule has 82 valence electrons. The Kier molecular flexibility index (Phi) is 2.69. The summed E-state index contributed by atoms with van der Waals surface area (Å²) in [5, 5.41) is 11.5. The molecule has 0 bridgehead atoms. The second-order valence-electron chi connectivity index (χ2n) is 3.09. The molecule has 0 fully saturated rings. The summed E-state index contributed by atoms with van der Waals surface area (Å²) in [5.41, 5.74) is 0.641. The molecule has 0 aliphatic heterocycles. The van der Waals surface area contributed by atoms with E-state index in [2.05, 4.69) is 26.1 Å². The Morgan fingerprint density at radius 1 is 1.62 bits per heavy atom. The van der Waals surface area contributed by atoms with E-state index in [-0.39, 0.29) is 17.9 Å². The topological polar surface area (TPSA) is 84.0 Å². The fourth-order valence-electron chi connectivity index (χ4n) is 1.43. The lowest BCUT2D eigenvalue weighted by Crippen LogP contribution is -2.00. The molecule has 0 aliphatic rings. The normalized spacial score (nSPS) is 10.6. The summed E-state index contributed by atoms with van der Waals surface area (Å²) in [5.74, 6) is -1.02. The minimum atomic E-state index is -1.05. The molecule has 7 heteroatoms. The fourth-order valence-corrected chi connectivity index (χ4v) is 1.86. The Bertz CT molecular complexity index is 579. The molecular formula is C9H6BrN3O3. The van der Waals surface area contributed by atoms with Crippen LogP contribution in [0.4, 0.5) is 5.82 Å². The standard InChI is InChI=1S/C9H6BrN3O3/c10-5-2-1-3-13-8(5)11-6(4-7(14)15)9(13)12-16/h1-3H,4H2,(H,14,15). The van der Waals surface area contributed by atoms with Gasteiger partial charge in [0, 0.05) is 6.20 Å². The van der Waals surface area contributed by atoms with Gasteiger partial charge in [-0.2, -0.15) is 0 Å². The zero-order valence-corrected chi connectivity index (χ0v) is 9.51. The van der Waals surface area contributed by atoms with Crippen molar-refractivity contribution in [2.24, 2.45) is 5.18 Å². The lowest BCUT2D eigenvalue weighted by molar-refractivity contribution is -0.136. The molecule has 2 rings (SSSR count). The van der Waals surface area contributed by atoms with Crippen LogP contribution in [0.15, 0.2) is 28.0 Å². The van der Waals surface area contributed by atoms with Crippen molar-refractivity contribution in [3.63, 3.8) is 0 Å². The number of rotatable bonds is 3. The van der Waals surface area contributed by atoms with Crippen LogP contribution < -0.4 is 0 Å². The molecule has 0 atom stereocenters. The number of fused-ring (bicyclic) bond motifs is 1. The van der Waals surface area contributed by atoms with Crippen molar-refractivity contribution in [2.75, 3.05) is 0 Å². The summed E-state index contributed by atoms with van der Waals surface area (Å²) in [6.07, 6.45) is 1.28. The molecule has 2 heterocycles. The first-order valence-electron chi connectivity index (χ1n) is 4.34. The largest absolute Gasteiger partial charge is 0.481 e. The third kappa shape index (κ3) is 1.69.